The SMILES string of the molecule is Cc1cc(Nc2ccc(NC(=O)CCn3ccc(=O)[nH]c3=O)cc2)ncn1. The van der Waals surface area contributed by atoms with Crippen molar-refractivity contribution in [3.05, 3.63) is 75.5 Å². The molecule has 2 heterocycles. The Morgan fingerprint density at radius 2 is 1.85 bits per heavy atom. The average Bonchev–Trinajstić information content (AvgIpc) is 2.63. The molecule has 1 amide bonds. The van der Waals surface area contributed by atoms with Crippen LogP contribution >= 0.6 is 0 Å². The zero-order valence-electron chi connectivity index (χ0n) is 14.6. The molecule has 0 aliphatic carbocycles. The highest BCUT2D eigenvalue weighted by Crippen LogP contribution is 2.17. The summed E-state index contributed by atoms with van der Waals surface area (Å²) in [6.45, 7) is 2.06. The van der Waals surface area contributed by atoms with Crippen LogP contribution in [-0.4, -0.2) is 25.4 Å². The molecular formula is C18H18N6O3. The van der Waals surface area contributed by atoms with E-state index in [1.807, 2.05) is 25.1 Å². The van der Waals surface area contributed by atoms with Crippen LogP contribution in [-0.2, 0) is 11.3 Å². The largest absolute Gasteiger partial charge is 0.340 e. The number of nitrogens with one attached hydrogen (secondary N) is 3. The number of anilines is 3. The van der Waals surface area contributed by atoms with E-state index in [4.69, 9.17) is 0 Å². The molecule has 3 aromatic rings. The molecule has 1 aromatic carbocycles. The topological polar surface area (TPSA) is 122 Å². The van der Waals surface area contributed by atoms with Gasteiger partial charge in [-0.05, 0) is 31.2 Å². The number of benzene rings is 1. The lowest BCUT2D eigenvalue weighted by atomic mass is 10.2. The predicted molar refractivity (Wildman–Crippen MR) is 101 cm³/mol. The molecular weight excluding hydrogens is 348 g/mol. The van der Waals surface area contributed by atoms with Crippen molar-refractivity contribution in [3.8, 4) is 0 Å². The molecule has 0 aliphatic rings. The maximum atomic E-state index is 12.0. The third kappa shape index (κ3) is 5.11. The average molecular weight is 366 g/mol. The number of hydrogen-bond acceptors (Lipinski definition) is 6. The molecule has 27 heavy (non-hydrogen) atoms. The van der Waals surface area contributed by atoms with Crippen molar-refractivity contribution in [1.29, 1.82) is 0 Å². The molecule has 0 saturated carbocycles. The Hall–Kier alpha value is -3.75. The second kappa shape index (κ2) is 8.09. The Bertz CT molecular complexity index is 1060. The van der Waals surface area contributed by atoms with Gasteiger partial charge in [0.2, 0.25) is 5.91 Å². The van der Waals surface area contributed by atoms with Gasteiger partial charge in [-0.25, -0.2) is 14.8 Å². The van der Waals surface area contributed by atoms with E-state index < -0.39 is 11.2 Å². The van der Waals surface area contributed by atoms with Gasteiger partial charge in [-0.15, -0.1) is 0 Å². The molecule has 0 spiro atoms. The molecule has 3 rings (SSSR count). The number of nitrogens with zero attached hydrogens (tertiary/aromatic N) is 3. The van der Waals surface area contributed by atoms with E-state index in [-0.39, 0.29) is 18.9 Å². The summed E-state index contributed by atoms with van der Waals surface area (Å²) >= 11 is 0. The molecule has 2 aromatic heterocycles. The standard InChI is InChI=1S/C18H18N6O3/c1-12-10-15(20-11-19-12)21-13-2-4-14(5-3-13)22-16(25)6-8-24-9-7-17(26)23-18(24)27/h2-5,7,9-11H,6,8H2,1H3,(H,22,25)(H,19,20,21)(H,23,26,27). The van der Waals surface area contributed by atoms with E-state index in [2.05, 4.69) is 25.6 Å². The van der Waals surface area contributed by atoms with Gasteiger partial charge in [0.1, 0.15) is 12.1 Å². The first-order chi connectivity index (χ1) is 13.0. The molecule has 0 atom stereocenters. The van der Waals surface area contributed by atoms with E-state index in [0.717, 1.165) is 11.4 Å². The lowest BCUT2D eigenvalue weighted by Gasteiger charge is -2.09. The number of hydrogen-bond donors (Lipinski definition) is 3. The zero-order valence-corrected chi connectivity index (χ0v) is 14.6. The van der Waals surface area contributed by atoms with Crippen LogP contribution in [0.4, 0.5) is 17.2 Å². The minimum Gasteiger partial charge on any atom is -0.340 e. The number of carbonyl (C=O) groups excluding carboxylic acids is 1. The molecule has 0 saturated heterocycles. The van der Waals surface area contributed by atoms with Crippen molar-refractivity contribution in [3.63, 3.8) is 0 Å². The lowest BCUT2D eigenvalue weighted by Crippen LogP contribution is -2.29. The summed E-state index contributed by atoms with van der Waals surface area (Å²) < 4.78 is 1.28. The van der Waals surface area contributed by atoms with Crippen molar-refractivity contribution < 1.29 is 4.79 Å². The van der Waals surface area contributed by atoms with Gasteiger partial charge in [0.15, 0.2) is 0 Å². The monoisotopic (exact) mass is 366 g/mol. The normalized spacial score (nSPS) is 10.4. The Balaban J connectivity index is 1.55. The van der Waals surface area contributed by atoms with Crippen LogP contribution in [0.5, 0.6) is 0 Å². The zero-order chi connectivity index (χ0) is 19.2. The summed E-state index contributed by atoms with van der Waals surface area (Å²) in [7, 11) is 0. The lowest BCUT2D eigenvalue weighted by molar-refractivity contribution is -0.116. The van der Waals surface area contributed by atoms with E-state index >= 15 is 0 Å². The van der Waals surface area contributed by atoms with Crippen LogP contribution in [0.15, 0.2) is 58.5 Å². The molecule has 3 N–H and O–H groups in total. The number of rotatable bonds is 6. The van der Waals surface area contributed by atoms with Crippen LogP contribution in [0.25, 0.3) is 0 Å². The summed E-state index contributed by atoms with van der Waals surface area (Å²) in [5.74, 6) is 0.450. The smallest absolute Gasteiger partial charge is 0.328 e. The van der Waals surface area contributed by atoms with Crippen molar-refractivity contribution in [1.82, 2.24) is 19.5 Å². The van der Waals surface area contributed by atoms with Crippen LogP contribution in [0.1, 0.15) is 12.1 Å². The van der Waals surface area contributed by atoms with Gasteiger partial charge in [-0.3, -0.25) is 14.6 Å². The van der Waals surface area contributed by atoms with Gasteiger partial charge in [0, 0.05) is 48.4 Å². The number of amides is 1. The van der Waals surface area contributed by atoms with Crippen molar-refractivity contribution in [2.24, 2.45) is 0 Å². The van der Waals surface area contributed by atoms with Crippen LogP contribution in [0.3, 0.4) is 0 Å². The highest BCUT2D eigenvalue weighted by atomic mass is 16.2. The minimum atomic E-state index is -0.536. The number of aromatic nitrogens is 4. The third-order valence-corrected chi connectivity index (χ3v) is 3.72. The van der Waals surface area contributed by atoms with Gasteiger partial charge in [-0.2, -0.15) is 0 Å². The number of carbonyl (C=O) groups is 1. The Labute approximate surface area is 154 Å². The van der Waals surface area contributed by atoms with Gasteiger partial charge in [0.25, 0.3) is 5.56 Å². The Kier molecular flexibility index (Phi) is 5.41. The fourth-order valence-electron chi connectivity index (χ4n) is 2.37. The fourth-order valence-corrected chi connectivity index (χ4v) is 2.37. The Morgan fingerprint density at radius 3 is 2.56 bits per heavy atom. The van der Waals surface area contributed by atoms with Gasteiger partial charge < -0.3 is 15.2 Å². The van der Waals surface area contributed by atoms with Crippen LogP contribution in [0.2, 0.25) is 0 Å². The highest BCUT2D eigenvalue weighted by molar-refractivity contribution is 5.90. The van der Waals surface area contributed by atoms with Gasteiger partial charge in [0.05, 0.1) is 0 Å². The molecule has 0 bridgehead atoms. The Morgan fingerprint density at radius 1 is 1.11 bits per heavy atom. The molecule has 0 radical (unpaired) electrons. The van der Waals surface area contributed by atoms with Gasteiger partial charge >= 0.3 is 5.69 Å². The van der Waals surface area contributed by atoms with E-state index in [0.29, 0.717) is 11.5 Å². The molecule has 9 nitrogen and oxygen atoms in total. The summed E-state index contributed by atoms with van der Waals surface area (Å²) in [4.78, 5) is 45.0. The summed E-state index contributed by atoms with van der Waals surface area (Å²) in [5, 5.41) is 5.92. The number of H-pyrrole nitrogens is 1. The fraction of sp³-hybridized carbons (Fsp3) is 0.167. The first-order valence-electron chi connectivity index (χ1n) is 8.25. The van der Waals surface area contributed by atoms with Crippen molar-refractivity contribution in [2.45, 2.75) is 19.9 Å². The molecule has 9 heteroatoms. The predicted octanol–water partition coefficient (Wildman–Crippen LogP) is 1.41. The summed E-state index contributed by atoms with van der Waals surface area (Å²) in [6, 6.07) is 10.2. The van der Waals surface area contributed by atoms with Crippen LogP contribution in [0, 0.1) is 6.92 Å². The highest BCUT2D eigenvalue weighted by Gasteiger charge is 2.05. The van der Waals surface area contributed by atoms with E-state index in [1.165, 1.54) is 23.2 Å². The van der Waals surface area contributed by atoms with E-state index in [9.17, 15) is 14.4 Å². The maximum absolute atomic E-state index is 12.0. The first kappa shape index (κ1) is 18.1. The second-order valence-corrected chi connectivity index (χ2v) is 5.85. The quantitative estimate of drug-likeness (QED) is 0.606. The molecule has 0 aliphatic heterocycles. The second-order valence-electron chi connectivity index (χ2n) is 5.85. The van der Waals surface area contributed by atoms with E-state index in [1.54, 1.807) is 12.1 Å². The minimum absolute atomic E-state index is 0.103. The third-order valence-electron chi connectivity index (χ3n) is 3.72. The van der Waals surface area contributed by atoms with Gasteiger partial charge in [-0.1, -0.05) is 0 Å². The summed E-state index contributed by atoms with van der Waals surface area (Å²) in [5.41, 5.74) is 1.32. The molecule has 0 unspecified atom stereocenters. The van der Waals surface area contributed by atoms with Crippen molar-refractivity contribution in [2.75, 3.05) is 10.6 Å². The first-order valence-corrected chi connectivity index (χ1v) is 8.25. The van der Waals surface area contributed by atoms with Crippen molar-refractivity contribution >= 4 is 23.1 Å². The van der Waals surface area contributed by atoms with Crippen LogP contribution < -0.4 is 21.9 Å². The number of aryl methyl sites for hydroxylation is 2. The maximum Gasteiger partial charge on any atom is 0.328 e. The number of aromatic amines is 1. The summed E-state index contributed by atoms with van der Waals surface area (Å²) in [6.07, 6.45) is 2.95. The molecule has 0 fully saturated rings. The molecule has 138 valence electrons.